The van der Waals surface area contributed by atoms with E-state index in [-0.39, 0.29) is 16.4 Å². The van der Waals surface area contributed by atoms with Gasteiger partial charge in [-0.15, -0.1) is 0 Å². The van der Waals surface area contributed by atoms with Crippen LogP contribution in [0.25, 0.3) is 0 Å². The van der Waals surface area contributed by atoms with Gasteiger partial charge in [-0.25, -0.2) is 4.99 Å². The summed E-state index contributed by atoms with van der Waals surface area (Å²) >= 11 is 0. The highest BCUT2D eigenvalue weighted by molar-refractivity contribution is 5.95. The van der Waals surface area contributed by atoms with E-state index in [0.29, 0.717) is 0 Å². The Bertz CT molecular complexity index is 498. The third kappa shape index (κ3) is 2.36. The number of hydrogen-bond acceptors (Lipinski definition) is 2. The summed E-state index contributed by atoms with van der Waals surface area (Å²) in [5.41, 5.74) is 2.12. The molecule has 0 atom stereocenters. The van der Waals surface area contributed by atoms with Crippen LogP contribution in [0.4, 0.5) is 0 Å². The minimum atomic E-state index is -0.264. The van der Waals surface area contributed by atoms with Gasteiger partial charge in [0.2, 0.25) is 5.90 Å². The fraction of sp³-hybridized carbons (Fsp3) is 0.611. The van der Waals surface area contributed by atoms with Crippen molar-refractivity contribution in [3.63, 3.8) is 0 Å². The molecule has 0 aliphatic carbocycles. The Morgan fingerprint density at radius 2 is 1.45 bits per heavy atom. The predicted octanol–water partition coefficient (Wildman–Crippen LogP) is 4.60. The molecule has 2 nitrogen and oxygen atoms in total. The molecule has 0 amide bonds. The van der Waals surface area contributed by atoms with Gasteiger partial charge < -0.3 is 4.74 Å². The first-order valence-corrected chi connectivity index (χ1v) is 7.37. The maximum atomic E-state index is 6.45. The number of aryl methyl sites for hydroxylation is 1. The summed E-state index contributed by atoms with van der Waals surface area (Å²) in [6.45, 7) is 16.3. The Morgan fingerprint density at radius 1 is 0.950 bits per heavy atom. The van der Waals surface area contributed by atoms with Crippen LogP contribution in [0.1, 0.15) is 52.7 Å². The van der Waals surface area contributed by atoms with Crippen molar-refractivity contribution in [1.82, 2.24) is 0 Å². The molecular formula is C18H27NO. The van der Waals surface area contributed by atoms with Gasteiger partial charge >= 0.3 is 0 Å². The summed E-state index contributed by atoms with van der Waals surface area (Å²) in [4.78, 5) is 4.72. The van der Waals surface area contributed by atoms with Crippen molar-refractivity contribution in [1.29, 1.82) is 0 Å². The largest absolute Gasteiger partial charge is 0.468 e. The molecule has 1 aliphatic rings. The zero-order valence-electron chi connectivity index (χ0n) is 13.9. The van der Waals surface area contributed by atoms with Crippen LogP contribution in [0.15, 0.2) is 29.3 Å². The SMILES string of the molecule is Cc1ccc(C2=NCC(C(C)(C)C)(C(C)(C)C)O2)cc1. The quantitative estimate of drug-likeness (QED) is 0.732. The molecule has 0 unspecified atom stereocenters. The summed E-state index contributed by atoms with van der Waals surface area (Å²) in [5, 5.41) is 0. The minimum absolute atomic E-state index is 0.0290. The van der Waals surface area contributed by atoms with Gasteiger partial charge in [0.15, 0.2) is 0 Å². The highest BCUT2D eigenvalue weighted by Crippen LogP contribution is 2.49. The smallest absolute Gasteiger partial charge is 0.216 e. The molecule has 20 heavy (non-hydrogen) atoms. The van der Waals surface area contributed by atoms with Gasteiger partial charge in [-0.3, -0.25) is 0 Å². The number of aliphatic imine (C=N–C) groups is 1. The van der Waals surface area contributed by atoms with E-state index in [1.165, 1.54) is 5.56 Å². The Labute approximate surface area is 123 Å². The van der Waals surface area contributed by atoms with E-state index < -0.39 is 0 Å². The van der Waals surface area contributed by atoms with Crippen LogP contribution in [0.2, 0.25) is 0 Å². The van der Waals surface area contributed by atoms with Gasteiger partial charge in [-0.1, -0.05) is 59.2 Å². The van der Waals surface area contributed by atoms with E-state index in [9.17, 15) is 0 Å². The maximum Gasteiger partial charge on any atom is 0.216 e. The molecule has 0 fully saturated rings. The van der Waals surface area contributed by atoms with Gasteiger partial charge in [0, 0.05) is 16.4 Å². The second kappa shape index (κ2) is 4.61. The third-order valence-electron chi connectivity index (χ3n) is 4.44. The summed E-state index contributed by atoms with van der Waals surface area (Å²) in [7, 11) is 0. The Morgan fingerprint density at radius 3 is 1.85 bits per heavy atom. The molecule has 1 aromatic carbocycles. The first-order valence-electron chi connectivity index (χ1n) is 7.37. The van der Waals surface area contributed by atoms with Crippen molar-refractivity contribution >= 4 is 5.90 Å². The van der Waals surface area contributed by atoms with E-state index in [0.717, 1.165) is 18.0 Å². The summed E-state index contributed by atoms with van der Waals surface area (Å²) in [5.74, 6) is 0.787. The monoisotopic (exact) mass is 273 g/mol. The highest BCUT2D eigenvalue weighted by atomic mass is 16.5. The molecule has 1 aliphatic heterocycles. The number of hydrogen-bond donors (Lipinski definition) is 0. The molecule has 0 radical (unpaired) electrons. The molecule has 1 heterocycles. The Kier molecular flexibility index (Phi) is 3.48. The molecule has 1 aromatic rings. The molecule has 0 bridgehead atoms. The van der Waals surface area contributed by atoms with Crippen molar-refractivity contribution in [3.05, 3.63) is 35.4 Å². The number of rotatable bonds is 1. The van der Waals surface area contributed by atoms with Crippen LogP contribution in [-0.4, -0.2) is 18.0 Å². The molecule has 2 rings (SSSR count). The lowest BCUT2D eigenvalue weighted by atomic mass is 9.62. The van der Waals surface area contributed by atoms with E-state index in [4.69, 9.17) is 9.73 Å². The fourth-order valence-electron chi connectivity index (χ4n) is 3.16. The average Bonchev–Trinajstić information content (AvgIpc) is 2.74. The van der Waals surface area contributed by atoms with Gasteiger partial charge in [-0.2, -0.15) is 0 Å². The summed E-state index contributed by atoms with van der Waals surface area (Å²) < 4.78 is 6.45. The van der Waals surface area contributed by atoms with Gasteiger partial charge in [0.25, 0.3) is 0 Å². The second-order valence-corrected chi connectivity index (χ2v) is 7.92. The molecule has 110 valence electrons. The van der Waals surface area contributed by atoms with Crippen molar-refractivity contribution in [2.24, 2.45) is 15.8 Å². The van der Waals surface area contributed by atoms with Gasteiger partial charge in [-0.05, 0) is 19.1 Å². The first-order chi connectivity index (χ1) is 9.07. The Balaban J connectivity index is 2.34. The predicted molar refractivity (Wildman–Crippen MR) is 85.3 cm³/mol. The van der Waals surface area contributed by atoms with Crippen LogP contribution in [-0.2, 0) is 4.74 Å². The minimum Gasteiger partial charge on any atom is -0.468 e. The second-order valence-electron chi connectivity index (χ2n) is 7.92. The van der Waals surface area contributed by atoms with Crippen LogP contribution in [0, 0.1) is 17.8 Å². The Hall–Kier alpha value is -1.31. The molecular weight excluding hydrogens is 246 g/mol. The molecule has 0 N–H and O–H groups in total. The fourth-order valence-corrected chi connectivity index (χ4v) is 3.16. The number of nitrogens with zero attached hydrogens (tertiary/aromatic N) is 1. The van der Waals surface area contributed by atoms with Gasteiger partial charge in [0.1, 0.15) is 5.60 Å². The van der Waals surface area contributed by atoms with Crippen LogP contribution < -0.4 is 0 Å². The first kappa shape index (κ1) is 15.1. The van der Waals surface area contributed by atoms with Crippen molar-refractivity contribution in [2.75, 3.05) is 6.54 Å². The zero-order chi connectivity index (χ0) is 15.2. The molecule has 0 spiro atoms. The lowest BCUT2D eigenvalue weighted by Crippen LogP contribution is -2.55. The molecule has 2 heteroatoms. The standard InChI is InChI=1S/C18H27NO/c1-13-8-10-14(11-9-13)15-19-12-18(20-15,16(2,3)4)17(5,6)7/h8-11H,12H2,1-7H3. The van der Waals surface area contributed by atoms with Crippen LogP contribution in [0.5, 0.6) is 0 Å². The van der Waals surface area contributed by atoms with Gasteiger partial charge in [0.05, 0.1) is 6.54 Å². The van der Waals surface area contributed by atoms with E-state index in [1.54, 1.807) is 0 Å². The number of ether oxygens (including phenoxy) is 1. The normalized spacial score (nSPS) is 18.6. The highest BCUT2D eigenvalue weighted by Gasteiger charge is 2.55. The lowest BCUT2D eigenvalue weighted by molar-refractivity contribution is -0.102. The molecule has 0 aromatic heterocycles. The van der Waals surface area contributed by atoms with E-state index in [1.807, 2.05) is 0 Å². The van der Waals surface area contributed by atoms with Crippen molar-refractivity contribution < 1.29 is 4.74 Å². The zero-order valence-corrected chi connectivity index (χ0v) is 13.9. The lowest BCUT2D eigenvalue weighted by Gasteiger charge is -2.49. The summed E-state index contributed by atoms with van der Waals surface area (Å²) in [6, 6.07) is 8.40. The number of benzene rings is 1. The molecule has 0 saturated heterocycles. The third-order valence-corrected chi connectivity index (χ3v) is 4.44. The molecule has 0 saturated carbocycles. The topological polar surface area (TPSA) is 21.6 Å². The summed E-state index contributed by atoms with van der Waals surface area (Å²) in [6.07, 6.45) is 0. The maximum absolute atomic E-state index is 6.45. The van der Waals surface area contributed by atoms with Crippen molar-refractivity contribution in [2.45, 2.75) is 54.1 Å². The van der Waals surface area contributed by atoms with Crippen LogP contribution >= 0.6 is 0 Å². The van der Waals surface area contributed by atoms with Crippen LogP contribution in [0.3, 0.4) is 0 Å². The van der Waals surface area contributed by atoms with E-state index >= 15 is 0 Å². The average molecular weight is 273 g/mol. The van der Waals surface area contributed by atoms with E-state index in [2.05, 4.69) is 72.7 Å². The van der Waals surface area contributed by atoms with Crippen molar-refractivity contribution in [3.8, 4) is 0 Å².